The third kappa shape index (κ3) is 1.87. The molecule has 1 aliphatic heterocycles. The smallest absolute Gasteiger partial charge is 0.252 e. The molecule has 0 aromatic heterocycles. The molecule has 0 saturated heterocycles. The number of amides is 1. The number of carbonyl (C=O) groups excluding carboxylic acids is 1. The van der Waals surface area contributed by atoms with Crippen molar-refractivity contribution in [2.45, 2.75) is 6.54 Å². The topological polar surface area (TPSA) is 64.3 Å². The van der Waals surface area contributed by atoms with Crippen molar-refractivity contribution >= 4 is 11.6 Å². The molecule has 0 radical (unpaired) electrons. The number of carbonyl (C=O) groups is 1. The molecule has 1 heterocycles. The van der Waals surface area contributed by atoms with Crippen LogP contribution in [0.3, 0.4) is 0 Å². The maximum absolute atomic E-state index is 13.9. The Balaban J connectivity index is 2.30. The second-order valence-corrected chi connectivity index (χ2v) is 4.63. The van der Waals surface area contributed by atoms with Gasteiger partial charge in [-0.25, -0.2) is 4.39 Å². The number of rotatable bonds is 1. The Morgan fingerprint density at radius 3 is 2.75 bits per heavy atom. The van der Waals surface area contributed by atoms with E-state index in [1.165, 1.54) is 19.2 Å². The van der Waals surface area contributed by atoms with E-state index in [2.05, 4.69) is 5.32 Å². The van der Waals surface area contributed by atoms with Crippen LogP contribution in [0.1, 0.15) is 15.9 Å². The molecule has 0 spiro atoms. The van der Waals surface area contributed by atoms with Gasteiger partial charge in [0.2, 0.25) is 0 Å². The van der Waals surface area contributed by atoms with Gasteiger partial charge in [0, 0.05) is 12.2 Å². The van der Waals surface area contributed by atoms with Crippen LogP contribution in [0.5, 0.6) is 5.75 Å². The number of nitrogen functional groups attached to an aromatic ring is 1. The van der Waals surface area contributed by atoms with Gasteiger partial charge >= 0.3 is 0 Å². The van der Waals surface area contributed by atoms with Gasteiger partial charge in [-0.1, -0.05) is 6.07 Å². The first-order valence-corrected chi connectivity index (χ1v) is 6.14. The predicted molar refractivity (Wildman–Crippen MR) is 74.0 cm³/mol. The summed E-state index contributed by atoms with van der Waals surface area (Å²) in [6, 6.07) is 8.07. The monoisotopic (exact) mass is 272 g/mol. The minimum absolute atomic E-state index is 0.0535. The molecule has 5 heteroatoms. The summed E-state index contributed by atoms with van der Waals surface area (Å²) in [5, 5.41) is 2.78. The number of fused-ring (bicyclic) bond motifs is 3. The van der Waals surface area contributed by atoms with Crippen LogP contribution in [-0.4, -0.2) is 13.0 Å². The molecule has 2 aromatic rings. The third-order valence-corrected chi connectivity index (χ3v) is 3.40. The van der Waals surface area contributed by atoms with E-state index in [9.17, 15) is 9.18 Å². The molecule has 3 N–H and O–H groups in total. The first kappa shape index (κ1) is 12.5. The number of hydrogen-bond acceptors (Lipinski definition) is 3. The molecule has 3 rings (SSSR count). The van der Waals surface area contributed by atoms with E-state index in [0.717, 1.165) is 11.1 Å². The number of methoxy groups -OCH3 is 1. The first-order chi connectivity index (χ1) is 9.60. The maximum atomic E-state index is 13.9. The van der Waals surface area contributed by atoms with Crippen LogP contribution in [0.4, 0.5) is 10.1 Å². The maximum Gasteiger partial charge on any atom is 0.252 e. The normalized spacial score (nSPS) is 13.0. The lowest BCUT2D eigenvalue weighted by Gasteiger charge is -2.11. The largest absolute Gasteiger partial charge is 0.494 e. The number of nitrogens with one attached hydrogen (secondary N) is 1. The first-order valence-electron chi connectivity index (χ1n) is 6.14. The van der Waals surface area contributed by atoms with Crippen molar-refractivity contribution in [1.82, 2.24) is 5.32 Å². The van der Waals surface area contributed by atoms with Crippen LogP contribution < -0.4 is 15.8 Å². The molecule has 2 aromatic carbocycles. The van der Waals surface area contributed by atoms with Crippen LogP contribution in [-0.2, 0) is 6.54 Å². The highest BCUT2D eigenvalue weighted by Crippen LogP contribution is 2.34. The van der Waals surface area contributed by atoms with Gasteiger partial charge in [0.15, 0.2) is 11.6 Å². The summed E-state index contributed by atoms with van der Waals surface area (Å²) in [4.78, 5) is 12.1. The predicted octanol–water partition coefficient (Wildman–Crippen LogP) is 2.33. The summed E-state index contributed by atoms with van der Waals surface area (Å²) in [5.41, 5.74) is 8.97. The van der Waals surface area contributed by atoms with Gasteiger partial charge in [-0.2, -0.15) is 0 Å². The second-order valence-electron chi connectivity index (χ2n) is 4.63. The lowest BCUT2D eigenvalue weighted by atomic mass is 9.95. The number of halogens is 1. The Kier molecular flexibility index (Phi) is 2.82. The molecule has 0 saturated carbocycles. The van der Waals surface area contributed by atoms with Crippen molar-refractivity contribution in [1.29, 1.82) is 0 Å². The molecule has 20 heavy (non-hydrogen) atoms. The Labute approximate surface area is 115 Å². The number of ether oxygens (including phenoxy) is 1. The van der Waals surface area contributed by atoms with Gasteiger partial charge in [0.1, 0.15) is 0 Å². The van der Waals surface area contributed by atoms with Crippen molar-refractivity contribution < 1.29 is 13.9 Å². The van der Waals surface area contributed by atoms with Gasteiger partial charge in [-0.3, -0.25) is 4.79 Å². The standard InChI is InChI=1S/C15H13FN2O2/c1-20-14-6-12-11(5-13(14)16)10-3-2-9(17)4-8(10)7-18-15(12)19/h2-6H,7,17H2,1H3,(H,18,19). The SMILES string of the molecule is COc1cc2c(cc1F)-c1ccc(N)cc1CNC2=O. The fourth-order valence-corrected chi connectivity index (χ4v) is 2.41. The average Bonchev–Trinajstić information content (AvgIpc) is 2.56. The van der Waals surface area contributed by atoms with Crippen molar-refractivity contribution in [2.75, 3.05) is 12.8 Å². The second kappa shape index (κ2) is 4.52. The summed E-state index contributed by atoms with van der Waals surface area (Å²) < 4.78 is 18.9. The van der Waals surface area contributed by atoms with Gasteiger partial charge in [-0.05, 0) is 41.0 Å². The molecule has 0 aliphatic carbocycles. The molecular formula is C15H13FN2O2. The van der Waals surface area contributed by atoms with E-state index in [-0.39, 0.29) is 11.7 Å². The van der Waals surface area contributed by atoms with Crippen LogP contribution >= 0.6 is 0 Å². The lowest BCUT2D eigenvalue weighted by Crippen LogP contribution is -2.21. The Morgan fingerprint density at radius 1 is 1.20 bits per heavy atom. The lowest BCUT2D eigenvalue weighted by molar-refractivity contribution is 0.0952. The van der Waals surface area contributed by atoms with Crippen LogP contribution in [0.15, 0.2) is 30.3 Å². The van der Waals surface area contributed by atoms with Crippen molar-refractivity contribution in [3.63, 3.8) is 0 Å². The van der Waals surface area contributed by atoms with E-state index >= 15 is 0 Å². The van der Waals surface area contributed by atoms with E-state index in [0.29, 0.717) is 23.4 Å². The molecular weight excluding hydrogens is 259 g/mol. The fraction of sp³-hybridized carbons (Fsp3) is 0.133. The number of hydrogen-bond donors (Lipinski definition) is 2. The Hall–Kier alpha value is -2.56. The zero-order valence-electron chi connectivity index (χ0n) is 10.9. The minimum atomic E-state index is -0.497. The molecule has 0 bridgehead atoms. The molecule has 4 nitrogen and oxygen atoms in total. The summed E-state index contributed by atoms with van der Waals surface area (Å²) in [6.07, 6.45) is 0. The van der Waals surface area contributed by atoms with Gasteiger partial charge in [0.05, 0.1) is 12.7 Å². The van der Waals surface area contributed by atoms with Gasteiger partial charge in [0.25, 0.3) is 5.91 Å². The highest BCUT2D eigenvalue weighted by molar-refractivity contribution is 6.03. The summed E-state index contributed by atoms with van der Waals surface area (Å²) in [7, 11) is 1.37. The summed E-state index contributed by atoms with van der Waals surface area (Å²) >= 11 is 0. The number of benzene rings is 2. The van der Waals surface area contributed by atoms with Gasteiger partial charge in [-0.15, -0.1) is 0 Å². The zero-order chi connectivity index (χ0) is 14.3. The van der Waals surface area contributed by atoms with Crippen molar-refractivity contribution in [2.24, 2.45) is 0 Å². The Bertz CT molecular complexity index is 713. The van der Waals surface area contributed by atoms with Crippen molar-refractivity contribution in [3.8, 4) is 16.9 Å². The van der Waals surface area contributed by atoms with E-state index < -0.39 is 5.82 Å². The molecule has 0 unspecified atom stereocenters. The number of nitrogens with two attached hydrogens (primary N) is 1. The quantitative estimate of drug-likeness (QED) is 0.783. The van der Waals surface area contributed by atoms with E-state index in [1.54, 1.807) is 18.2 Å². The molecule has 0 atom stereocenters. The zero-order valence-corrected chi connectivity index (χ0v) is 10.9. The summed E-state index contributed by atoms with van der Waals surface area (Å²) in [5.74, 6) is -0.699. The molecule has 0 fully saturated rings. The fourth-order valence-electron chi connectivity index (χ4n) is 2.41. The van der Waals surface area contributed by atoms with E-state index in [1.807, 2.05) is 0 Å². The van der Waals surface area contributed by atoms with Crippen LogP contribution in [0.25, 0.3) is 11.1 Å². The Morgan fingerprint density at radius 2 is 2.00 bits per heavy atom. The third-order valence-electron chi connectivity index (χ3n) is 3.40. The highest BCUT2D eigenvalue weighted by atomic mass is 19.1. The van der Waals surface area contributed by atoms with E-state index in [4.69, 9.17) is 10.5 Å². The molecule has 102 valence electrons. The van der Waals surface area contributed by atoms with Crippen LogP contribution in [0, 0.1) is 5.82 Å². The summed E-state index contributed by atoms with van der Waals surface area (Å²) in [6.45, 7) is 0.359. The van der Waals surface area contributed by atoms with Crippen molar-refractivity contribution in [3.05, 3.63) is 47.3 Å². The molecule has 1 aliphatic rings. The van der Waals surface area contributed by atoms with Crippen LogP contribution in [0.2, 0.25) is 0 Å². The average molecular weight is 272 g/mol. The highest BCUT2D eigenvalue weighted by Gasteiger charge is 2.22. The molecule has 1 amide bonds. The number of anilines is 1. The van der Waals surface area contributed by atoms with Gasteiger partial charge < -0.3 is 15.8 Å². The minimum Gasteiger partial charge on any atom is -0.494 e.